The summed E-state index contributed by atoms with van der Waals surface area (Å²) in [6.07, 6.45) is 4.23. The highest BCUT2D eigenvalue weighted by Gasteiger charge is 2.25. The zero-order valence-electron chi connectivity index (χ0n) is 11.3. The topological polar surface area (TPSA) is 64.2 Å². The molecule has 1 saturated heterocycles. The van der Waals surface area contributed by atoms with Crippen LogP contribution in [0.2, 0.25) is 0 Å². The van der Waals surface area contributed by atoms with Crippen molar-refractivity contribution >= 4 is 34.2 Å². The maximum atomic E-state index is 12.3. The number of hydrogen-bond donors (Lipinski definition) is 1. The number of halogens is 2. The Balaban J connectivity index is 0.00000161. The number of nitrogens with two attached hydrogens (primary N) is 1. The first kappa shape index (κ1) is 16.0. The number of carbonyl (C=O) groups is 1. The lowest BCUT2D eigenvalue weighted by Crippen LogP contribution is -2.31. The van der Waals surface area contributed by atoms with E-state index < -0.39 is 0 Å². The molecule has 1 amide bonds. The molecule has 0 radical (unpaired) electrons. The van der Waals surface area contributed by atoms with Crippen molar-refractivity contribution in [2.24, 2.45) is 5.73 Å². The van der Waals surface area contributed by atoms with Crippen LogP contribution in [-0.4, -0.2) is 39.7 Å². The zero-order chi connectivity index (χ0) is 14.1. The lowest BCUT2D eigenvalue weighted by Gasteiger charge is -2.14. The third-order valence-corrected chi connectivity index (χ3v) is 3.96. The summed E-state index contributed by atoms with van der Waals surface area (Å²) in [5.74, 6) is 0.00121. The van der Waals surface area contributed by atoms with Gasteiger partial charge in [0.2, 0.25) is 0 Å². The Labute approximate surface area is 137 Å². The molecule has 0 aliphatic carbocycles. The Morgan fingerprint density at radius 3 is 2.67 bits per heavy atom. The fourth-order valence-corrected chi connectivity index (χ4v) is 2.59. The van der Waals surface area contributed by atoms with Gasteiger partial charge >= 0.3 is 0 Å². The normalized spacial score (nSPS) is 17.6. The van der Waals surface area contributed by atoms with Gasteiger partial charge in [-0.3, -0.25) is 4.79 Å². The number of nitrogens with zero attached hydrogens (tertiary/aromatic N) is 3. The van der Waals surface area contributed by atoms with Crippen LogP contribution in [0.5, 0.6) is 0 Å². The van der Waals surface area contributed by atoms with Crippen LogP contribution in [0.15, 0.2) is 41.1 Å². The van der Waals surface area contributed by atoms with Crippen molar-refractivity contribution in [1.29, 1.82) is 0 Å². The average molecular weight is 372 g/mol. The van der Waals surface area contributed by atoms with Crippen molar-refractivity contribution < 1.29 is 4.79 Å². The minimum absolute atomic E-state index is 0. The second-order valence-electron chi connectivity index (χ2n) is 4.95. The first-order valence-electron chi connectivity index (χ1n) is 6.49. The molecule has 1 aromatic heterocycles. The molecule has 112 valence electrons. The Hall–Kier alpha value is -1.37. The van der Waals surface area contributed by atoms with Crippen molar-refractivity contribution in [3.8, 4) is 5.69 Å². The zero-order valence-corrected chi connectivity index (χ0v) is 13.7. The molecule has 0 saturated carbocycles. The number of carbonyl (C=O) groups excluding carboxylic acids is 1. The fourth-order valence-electron chi connectivity index (χ4n) is 2.32. The lowest BCUT2D eigenvalue weighted by atomic mass is 10.3. The van der Waals surface area contributed by atoms with E-state index in [-0.39, 0.29) is 24.4 Å². The van der Waals surface area contributed by atoms with Crippen LogP contribution in [0.25, 0.3) is 5.69 Å². The van der Waals surface area contributed by atoms with Crippen LogP contribution in [0.4, 0.5) is 0 Å². The molecule has 1 aliphatic rings. The van der Waals surface area contributed by atoms with E-state index in [1.54, 1.807) is 22.0 Å². The molecule has 0 spiro atoms. The molecule has 1 fully saturated rings. The Morgan fingerprint density at radius 1 is 1.33 bits per heavy atom. The predicted octanol–water partition coefficient (Wildman–Crippen LogP) is 2.23. The second-order valence-corrected chi connectivity index (χ2v) is 5.87. The molecule has 7 heteroatoms. The third-order valence-electron chi connectivity index (χ3n) is 3.43. The minimum atomic E-state index is 0. The lowest BCUT2D eigenvalue weighted by molar-refractivity contribution is 0.0791. The highest BCUT2D eigenvalue weighted by Crippen LogP contribution is 2.16. The van der Waals surface area contributed by atoms with Crippen LogP contribution >= 0.6 is 28.3 Å². The number of rotatable bonds is 2. The highest BCUT2D eigenvalue weighted by atomic mass is 79.9. The highest BCUT2D eigenvalue weighted by molar-refractivity contribution is 9.10. The third kappa shape index (κ3) is 3.45. The van der Waals surface area contributed by atoms with Crippen molar-refractivity contribution in [3.63, 3.8) is 0 Å². The quantitative estimate of drug-likeness (QED) is 0.880. The Kier molecular flexibility index (Phi) is 5.03. The van der Waals surface area contributed by atoms with E-state index in [1.165, 1.54) is 0 Å². The van der Waals surface area contributed by atoms with Crippen molar-refractivity contribution in [2.45, 2.75) is 12.5 Å². The van der Waals surface area contributed by atoms with Gasteiger partial charge in [0, 0.05) is 29.8 Å². The molecule has 21 heavy (non-hydrogen) atoms. The molecule has 2 N–H and O–H groups in total. The molecule has 0 unspecified atom stereocenters. The van der Waals surface area contributed by atoms with E-state index in [0.717, 1.165) is 23.1 Å². The van der Waals surface area contributed by atoms with Crippen molar-refractivity contribution in [3.05, 3.63) is 46.7 Å². The number of hydrogen-bond acceptors (Lipinski definition) is 3. The maximum Gasteiger partial charge on any atom is 0.257 e. The number of aromatic nitrogens is 2. The van der Waals surface area contributed by atoms with Crippen molar-refractivity contribution in [1.82, 2.24) is 14.7 Å². The number of likely N-dealkylation sites (tertiary alicyclic amines) is 1. The molecular weight excluding hydrogens is 356 g/mol. The summed E-state index contributed by atoms with van der Waals surface area (Å²) in [5, 5.41) is 4.25. The Morgan fingerprint density at radius 2 is 2.05 bits per heavy atom. The molecule has 2 aromatic rings. The molecule has 2 heterocycles. The summed E-state index contributed by atoms with van der Waals surface area (Å²) >= 11 is 3.39. The van der Waals surface area contributed by atoms with Crippen LogP contribution < -0.4 is 5.73 Å². The summed E-state index contributed by atoms with van der Waals surface area (Å²) in [5.41, 5.74) is 7.35. The summed E-state index contributed by atoms with van der Waals surface area (Å²) < 4.78 is 2.71. The molecule has 3 rings (SSSR count). The largest absolute Gasteiger partial charge is 0.337 e. The van der Waals surface area contributed by atoms with Crippen molar-refractivity contribution in [2.75, 3.05) is 13.1 Å². The van der Waals surface area contributed by atoms with Gasteiger partial charge in [-0.05, 0) is 30.7 Å². The SMILES string of the molecule is Cl.N[C@H]1CCN(C(=O)c2cnn(-c3ccc(Br)cc3)c2)C1. The standard InChI is InChI=1S/C14H15BrN4O.ClH/c15-11-1-3-13(4-2-11)19-8-10(7-17-19)14(20)18-6-5-12(16)9-18;/h1-4,7-8,12H,5-6,9,16H2;1H/t12-;/m0./s1. The van der Waals surface area contributed by atoms with Crippen LogP contribution in [0, 0.1) is 0 Å². The monoisotopic (exact) mass is 370 g/mol. The van der Waals surface area contributed by atoms with Gasteiger partial charge < -0.3 is 10.6 Å². The first-order chi connectivity index (χ1) is 9.63. The molecule has 1 atom stereocenters. The summed E-state index contributed by atoms with van der Waals surface area (Å²) in [4.78, 5) is 14.1. The van der Waals surface area contributed by atoms with Gasteiger partial charge in [0.1, 0.15) is 0 Å². The number of amides is 1. The average Bonchev–Trinajstić information content (AvgIpc) is 3.08. The van der Waals surface area contributed by atoms with E-state index in [9.17, 15) is 4.79 Å². The van der Waals surface area contributed by atoms with E-state index in [1.807, 2.05) is 24.3 Å². The fraction of sp³-hybridized carbons (Fsp3) is 0.286. The van der Waals surface area contributed by atoms with E-state index in [0.29, 0.717) is 12.1 Å². The Bertz CT molecular complexity index is 628. The van der Waals surface area contributed by atoms with Gasteiger partial charge in [-0.2, -0.15) is 5.10 Å². The van der Waals surface area contributed by atoms with E-state index >= 15 is 0 Å². The summed E-state index contributed by atoms with van der Waals surface area (Å²) in [6.45, 7) is 1.35. The molecule has 1 aromatic carbocycles. The second kappa shape index (κ2) is 6.60. The maximum absolute atomic E-state index is 12.3. The molecule has 0 bridgehead atoms. The van der Waals surface area contributed by atoms with Crippen LogP contribution in [-0.2, 0) is 0 Å². The summed E-state index contributed by atoms with van der Waals surface area (Å²) in [6, 6.07) is 7.87. The van der Waals surface area contributed by atoms with Crippen LogP contribution in [0.3, 0.4) is 0 Å². The van der Waals surface area contributed by atoms with Gasteiger partial charge in [0.05, 0.1) is 17.4 Å². The van der Waals surface area contributed by atoms with E-state index in [4.69, 9.17) is 5.73 Å². The van der Waals surface area contributed by atoms with Gasteiger partial charge in [-0.15, -0.1) is 12.4 Å². The van der Waals surface area contributed by atoms with Gasteiger partial charge in [-0.1, -0.05) is 15.9 Å². The summed E-state index contributed by atoms with van der Waals surface area (Å²) in [7, 11) is 0. The molecule has 5 nitrogen and oxygen atoms in total. The molecular formula is C14H16BrClN4O. The van der Waals surface area contributed by atoms with Crippen LogP contribution in [0.1, 0.15) is 16.8 Å². The number of benzene rings is 1. The minimum Gasteiger partial charge on any atom is -0.337 e. The molecule has 1 aliphatic heterocycles. The predicted molar refractivity (Wildman–Crippen MR) is 87.0 cm³/mol. The first-order valence-corrected chi connectivity index (χ1v) is 7.28. The van der Waals surface area contributed by atoms with Gasteiger partial charge in [0.15, 0.2) is 0 Å². The van der Waals surface area contributed by atoms with Gasteiger partial charge in [0.25, 0.3) is 5.91 Å². The van der Waals surface area contributed by atoms with Gasteiger partial charge in [-0.25, -0.2) is 4.68 Å². The smallest absolute Gasteiger partial charge is 0.257 e. The van der Waals surface area contributed by atoms with E-state index in [2.05, 4.69) is 21.0 Å².